The molecule has 3 heterocycles. The number of hydrogen-bond acceptors (Lipinski definition) is 4. The molecule has 0 atom stereocenters. The van der Waals surface area contributed by atoms with E-state index in [1.807, 2.05) is 23.0 Å². The van der Waals surface area contributed by atoms with E-state index in [0.717, 1.165) is 50.2 Å². The molecular formula is C24H24ClF3N4O2. The third kappa shape index (κ3) is 6.51. The van der Waals surface area contributed by atoms with Crippen LogP contribution in [0.5, 0.6) is 5.88 Å². The molecule has 1 aromatic carbocycles. The van der Waals surface area contributed by atoms with Crippen LogP contribution in [0, 0.1) is 0 Å². The van der Waals surface area contributed by atoms with Crippen molar-refractivity contribution in [3.8, 4) is 11.6 Å². The number of benzene rings is 1. The van der Waals surface area contributed by atoms with Crippen LogP contribution in [0.3, 0.4) is 0 Å². The molecule has 3 aromatic rings. The van der Waals surface area contributed by atoms with Crippen molar-refractivity contribution in [3.05, 3.63) is 77.2 Å². The molecule has 1 saturated heterocycles. The fourth-order valence-corrected chi connectivity index (χ4v) is 3.98. The summed E-state index contributed by atoms with van der Waals surface area (Å²) in [5.74, 6) is 0.154. The second-order valence-electron chi connectivity index (χ2n) is 8.19. The summed E-state index contributed by atoms with van der Waals surface area (Å²) < 4.78 is 45.5. The number of pyridine rings is 1. The number of hydrogen-bond donors (Lipinski definition) is 1. The van der Waals surface area contributed by atoms with Crippen molar-refractivity contribution in [2.24, 2.45) is 0 Å². The lowest BCUT2D eigenvalue weighted by molar-refractivity contribution is -0.137. The molecule has 6 nitrogen and oxygen atoms in total. The van der Waals surface area contributed by atoms with Gasteiger partial charge in [-0.3, -0.25) is 9.69 Å². The Morgan fingerprint density at radius 2 is 1.85 bits per heavy atom. The lowest BCUT2D eigenvalue weighted by Crippen LogP contribution is -2.45. The lowest BCUT2D eigenvalue weighted by atomic mass is 10.0. The monoisotopic (exact) mass is 492 g/mol. The number of aromatic nitrogens is 2. The molecule has 0 radical (unpaired) electrons. The molecule has 0 saturated carbocycles. The van der Waals surface area contributed by atoms with Crippen LogP contribution < -0.4 is 10.1 Å². The van der Waals surface area contributed by atoms with E-state index in [0.29, 0.717) is 16.6 Å². The number of amides is 1. The fraction of sp³-hybridized carbons (Fsp3) is 0.333. The molecule has 1 aliphatic rings. The second-order valence-corrected chi connectivity index (χ2v) is 8.63. The number of carbonyl (C=O) groups is 1. The fourth-order valence-electron chi connectivity index (χ4n) is 3.87. The van der Waals surface area contributed by atoms with Gasteiger partial charge in [0.15, 0.2) is 6.61 Å². The highest BCUT2D eigenvalue weighted by Crippen LogP contribution is 2.29. The minimum atomic E-state index is -4.34. The van der Waals surface area contributed by atoms with E-state index in [2.05, 4.69) is 15.2 Å². The van der Waals surface area contributed by atoms with Crippen LogP contribution in [0.2, 0.25) is 5.02 Å². The van der Waals surface area contributed by atoms with Crippen molar-refractivity contribution in [2.75, 3.05) is 19.7 Å². The zero-order valence-corrected chi connectivity index (χ0v) is 19.0. The lowest BCUT2D eigenvalue weighted by Gasteiger charge is -2.32. The predicted molar refractivity (Wildman–Crippen MR) is 122 cm³/mol. The number of ether oxygens (including phenoxy) is 1. The van der Waals surface area contributed by atoms with Gasteiger partial charge in [0.05, 0.1) is 10.6 Å². The highest BCUT2D eigenvalue weighted by atomic mass is 35.5. The molecule has 4 rings (SSSR count). The predicted octanol–water partition coefficient (Wildman–Crippen LogP) is 4.70. The number of nitrogens with zero attached hydrogens (tertiary/aromatic N) is 3. The normalized spacial score (nSPS) is 15.3. The number of piperidine rings is 1. The first-order valence-electron chi connectivity index (χ1n) is 10.9. The van der Waals surface area contributed by atoms with Gasteiger partial charge >= 0.3 is 6.18 Å². The van der Waals surface area contributed by atoms with E-state index in [1.54, 1.807) is 12.1 Å². The second kappa shape index (κ2) is 10.5. The zero-order chi connectivity index (χ0) is 24.1. The number of carbonyl (C=O) groups excluding carboxylic acids is 1. The summed E-state index contributed by atoms with van der Waals surface area (Å²) in [4.78, 5) is 18.5. The molecule has 0 bridgehead atoms. The van der Waals surface area contributed by atoms with Gasteiger partial charge in [0.1, 0.15) is 0 Å². The summed E-state index contributed by atoms with van der Waals surface area (Å²) in [6.07, 6.45) is 2.54. The molecule has 1 aliphatic heterocycles. The Hall–Kier alpha value is -3.04. The molecule has 0 unspecified atom stereocenters. The Morgan fingerprint density at radius 1 is 1.12 bits per heavy atom. The van der Waals surface area contributed by atoms with E-state index in [1.165, 1.54) is 18.3 Å². The van der Waals surface area contributed by atoms with E-state index in [9.17, 15) is 18.0 Å². The first kappa shape index (κ1) is 24.1. The van der Waals surface area contributed by atoms with Crippen LogP contribution in [0.25, 0.3) is 5.69 Å². The smallest absolute Gasteiger partial charge is 0.416 e. The highest BCUT2D eigenvalue weighted by molar-refractivity contribution is 6.30. The number of likely N-dealkylation sites (tertiary alicyclic amines) is 1. The van der Waals surface area contributed by atoms with Crippen LogP contribution in [0.15, 0.2) is 61.1 Å². The summed E-state index contributed by atoms with van der Waals surface area (Å²) in [5, 5.41) is 3.50. The Bertz CT molecular complexity index is 1090. The maximum atomic E-state index is 12.8. The third-order valence-electron chi connectivity index (χ3n) is 5.66. The van der Waals surface area contributed by atoms with Crippen LogP contribution in [-0.2, 0) is 17.5 Å². The van der Waals surface area contributed by atoms with Gasteiger partial charge in [0, 0.05) is 56.0 Å². The van der Waals surface area contributed by atoms with Gasteiger partial charge in [-0.05, 0) is 54.8 Å². The van der Waals surface area contributed by atoms with E-state index < -0.39 is 11.7 Å². The largest absolute Gasteiger partial charge is 0.468 e. The molecule has 10 heteroatoms. The molecule has 0 spiro atoms. The molecule has 1 N–H and O–H groups in total. The minimum absolute atomic E-state index is 0.0854. The number of rotatable bonds is 7. The van der Waals surface area contributed by atoms with E-state index >= 15 is 0 Å². The van der Waals surface area contributed by atoms with Gasteiger partial charge in [-0.25, -0.2) is 4.98 Å². The molecular weight excluding hydrogens is 469 g/mol. The Labute approximate surface area is 200 Å². The van der Waals surface area contributed by atoms with Crippen LogP contribution >= 0.6 is 11.6 Å². The van der Waals surface area contributed by atoms with Gasteiger partial charge < -0.3 is 14.6 Å². The number of nitrogens with one attached hydrogen (secondary N) is 1. The summed E-state index contributed by atoms with van der Waals surface area (Å²) in [7, 11) is 0. The Kier molecular flexibility index (Phi) is 7.43. The van der Waals surface area contributed by atoms with Crippen LogP contribution in [0.4, 0.5) is 13.2 Å². The average molecular weight is 493 g/mol. The highest BCUT2D eigenvalue weighted by Gasteiger charge is 2.30. The zero-order valence-electron chi connectivity index (χ0n) is 18.3. The Morgan fingerprint density at radius 3 is 2.50 bits per heavy atom. The summed E-state index contributed by atoms with van der Waals surface area (Å²) in [6, 6.07) is 10.4. The van der Waals surface area contributed by atoms with E-state index in [-0.39, 0.29) is 18.6 Å². The van der Waals surface area contributed by atoms with Crippen molar-refractivity contribution < 1.29 is 22.7 Å². The molecule has 1 fully saturated rings. The minimum Gasteiger partial charge on any atom is -0.468 e. The topological polar surface area (TPSA) is 59.4 Å². The van der Waals surface area contributed by atoms with Gasteiger partial charge in [-0.1, -0.05) is 11.6 Å². The van der Waals surface area contributed by atoms with Crippen molar-refractivity contribution in [1.82, 2.24) is 19.8 Å². The van der Waals surface area contributed by atoms with Gasteiger partial charge in [0.25, 0.3) is 5.91 Å². The molecule has 0 aliphatic carbocycles. The van der Waals surface area contributed by atoms with Crippen molar-refractivity contribution >= 4 is 17.5 Å². The van der Waals surface area contributed by atoms with E-state index in [4.69, 9.17) is 16.3 Å². The molecule has 2 aromatic heterocycles. The first-order chi connectivity index (χ1) is 16.3. The number of halogens is 4. The summed E-state index contributed by atoms with van der Waals surface area (Å²) >= 11 is 5.78. The summed E-state index contributed by atoms with van der Waals surface area (Å²) in [5.41, 5.74) is 1.09. The molecule has 1 amide bonds. The maximum Gasteiger partial charge on any atom is 0.416 e. The van der Waals surface area contributed by atoms with Crippen LogP contribution in [0.1, 0.15) is 24.0 Å². The Balaban J connectivity index is 1.21. The van der Waals surface area contributed by atoms with Crippen LogP contribution in [-0.4, -0.2) is 46.1 Å². The summed E-state index contributed by atoms with van der Waals surface area (Å²) in [6.45, 7) is 2.29. The third-order valence-corrected chi connectivity index (χ3v) is 5.88. The maximum absolute atomic E-state index is 12.8. The molecule has 180 valence electrons. The van der Waals surface area contributed by atoms with Crippen molar-refractivity contribution in [1.29, 1.82) is 0 Å². The van der Waals surface area contributed by atoms with Gasteiger partial charge in [-0.15, -0.1) is 0 Å². The van der Waals surface area contributed by atoms with Crippen molar-refractivity contribution in [2.45, 2.75) is 31.6 Å². The number of alkyl halides is 3. The average Bonchev–Trinajstić information content (AvgIpc) is 3.28. The standard InChI is InChI=1S/C24H24ClF3N4O2/c25-19-3-6-23(29-13-19)34-16-22(33)30-20-8-10-31(11-9-20)14-17-7-12-32(15-17)21-4-1-18(2-5-21)24(26,27)28/h1-7,12-13,15,20H,8-11,14,16H2,(H,30,33). The quantitative estimate of drug-likeness (QED) is 0.519. The SMILES string of the molecule is O=C(COc1ccc(Cl)cn1)NC1CCN(Cc2ccn(-c3ccc(C(F)(F)F)cc3)c2)CC1. The molecule has 34 heavy (non-hydrogen) atoms. The van der Waals surface area contributed by atoms with Crippen molar-refractivity contribution in [3.63, 3.8) is 0 Å². The van der Waals surface area contributed by atoms with Gasteiger partial charge in [0.2, 0.25) is 5.88 Å². The van der Waals surface area contributed by atoms with Gasteiger partial charge in [-0.2, -0.15) is 13.2 Å². The first-order valence-corrected chi connectivity index (χ1v) is 11.2.